The highest BCUT2D eigenvalue weighted by molar-refractivity contribution is 5.77. The van der Waals surface area contributed by atoms with Gasteiger partial charge in [0.2, 0.25) is 0 Å². The number of carbonyl (C=O) groups is 1. The second-order valence-electron chi connectivity index (χ2n) is 6.13. The maximum atomic E-state index is 11.8. The van der Waals surface area contributed by atoms with Gasteiger partial charge in [-0.1, -0.05) is 32.0 Å². The minimum atomic E-state index is -0.0343. The highest BCUT2D eigenvalue weighted by Gasteiger charge is 2.21. The van der Waals surface area contributed by atoms with Crippen LogP contribution >= 0.6 is 0 Å². The van der Waals surface area contributed by atoms with Crippen molar-refractivity contribution in [1.82, 2.24) is 10.6 Å². The van der Waals surface area contributed by atoms with Gasteiger partial charge in [0.05, 0.1) is 0 Å². The molecule has 4 heteroatoms. The number of para-hydroxylation sites is 1. The fourth-order valence-electron chi connectivity index (χ4n) is 2.14. The van der Waals surface area contributed by atoms with Crippen molar-refractivity contribution in [2.75, 3.05) is 13.2 Å². The molecule has 0 radical (unpaired) electrons. The Bertz CT molecular complexity index is 482. The van der Waals surface area contributed by atoms with Gasteiger partial charge in [-0.05, 0) is 31.2 Å². The summed E-state index contributed by atoms with van der Waals surface area (Å²) in [5.41, 5.74) is 2.16. The lowest BCUT2D eigenvalue weighted by Crippen LogP contribution is -2.31. The molecule has 1 saturated carbocycles. The summed E-state index contributed by atoms with van der Waals surface area (Å²) in [7, 11) is 0. The normalized spacial score (nSPS) is 14.3. The molecule has 116 valence electrons. The second-order valence-corrected chi connectivity index (χ2v) is 6.13. The predicted octanol–water partition coefficient (Wildman–Crippen LogP) is 2.40. The first-order chi connectivity index (χ1) is 10.1. The summed E-state index contributed by atoms with van der Waals surface area (Å²) in [6, 6.07) is 6.49. The van der Waals surface area contributed by atoms with Gasteiger partial charge >= 0.3 is 0 Å². The highest BCUT2D eigenvalue weighted by atomic mass is 16.5. The average molecular weight is 290 g/mol. The van der Waals surface area contributed by atoms with E-state index in [1.54, 1.807) is 0 Å². The second kappa shape index (κ2) is 7.46. The van der Waals surface area contributed by atoms with Crippen molar-refractivity contribution < 1.29 is 9.53 Å². The van der Waals surface area contributed by atoms with Crippen LogP contribution in [0.15, 0.2) is 18.2 Å². The van der Waals surface area contributed by atoms with Gasteiger partial charge in [0.15, 0.2) is 6.61 Å². The molecule has 0 atom stereocenters. The van der Waals surface area contributed by atoms with Crippen LogP contribution in [0.25, 0.3) is 0 Å². The van der Waals surface area contributed by atoms with E-state index >= 15 is 0 Å². The number of aryl methyl sites for hydroxylation is 1. The van der Waals surface area contributed by atoms with Crippen molar-refractivity contribution in [2.24, 2.45) is 5.92 Å². The summed E-state index contributed by atoms with van der Waals surface area (Å²) < 4.78 is 5.76. The van der Waals surface area contributed by atoms with E-state index < -0.39 is 0 Å². The quantitative estimate of drug-likeness (QED) is 0.773. The molecule has 0 unspecified atom stereocenters. The van der Waals surface area contributed by atoms with E-state index in [4.69, 9.17) is 4.74 Å². The molecule has 0 aliphatic heterocycles. The molecular formula is C17H26N2O2. The third-order valence-electron chi connectivity index (χ3n) is 3.63. The van der Waals surface area contributed by atoms with Crippen LogP contribution in [0.3, 0.4) is 0 Å². The standard InChI is InChI=1S/C17H26N2O2/c1-12(2)18-10-15-6-4-5-13(3)17(15)21-11-16(20)19-9-14-7-8-14/h4-6,12,14,18H,7-11H2,1-3H3,(H,19,20). The predicted molar refractivity (Wildman–Crippen MR) is 84.4 cm³/mol. The zero-order valence-electron chi connectivity index (χ0n) is 13.2. The maximum absolute atomic E-state index is 11.8. The van der Waals surface area contributed by atoms with E-state index in [9.17, 15) is 4.79 Å². The number of hydrogen-bond acceptors (Lipinski definition) is 3. The van der Waals surface area contributed by atoms with E-state index in [0.717, 1.165) is 30.0 Å². The first-order valence-corrected chi connectivity index (χ1v) is 7.77. The monoisotopic (exact) mass is 290 g/mol. The van der Waals surface area contributed by atoms with Gasteiger partial charge in [-0.2, -0.15) is 0 Å². The van der Waals surface area contributed by atoms with Crippen molar-refractivity contribution in [3.8, 4) is 5.75 Å². The minimum Gasteiger partial charge on any atom is -0.483 e. The van der Waals surface area contributed by atoms with E-state index in [-0.39, 0.29) is 12.5 Å². The molecule has 1 fully saturated rings. The first kappa shape index (κ1) is 15.8. The van der Waals surface area contributed by atoms with Crippen molar-refractivity contribution in [3.05, 3.63) is 29.3 Å². The van der Waals surface area contributed by atoms with Crippen molar-refractivity contribution >= 4 is 5.91 Å². The molecular weight excluding hydrogens is 264 g/mol. The molecule has 21 heavy (non-hydrogen) atoms. The summed E-state index contributed by atoms with van der Waals surface area (Å²) >= 11 is 0. The molecule has 1 amide bonds. The molecule has 1 aromatic carbocycles. The van der Waals surface area contributed by atoms with Crippen LogP contribution in [-0.4, -0.2) is 25.1 Å². The Hall–Kier alpha value is -1.55. The Morgan fingerprint density at radius 2 is 2.14 bits per heavy atom. The summed E-state index contributed by atoms with van der Waals surface area (Å²) in [5.74, 6) is 1.48. The molecule has 0 saturated heterocycles. The minimum absolute atomic E-state index is 0.0343. The van der Waals surface area contributed by atoms with Gasteiger partial charge in [0.1, 0.15) is 5.75 Å². The fourth-order valence-corrected chi connectivity index (χ4v) is 2.14. The molecule has 0 spiro atoms. The van der Waals surface area contributed by atoms with Crippen LogP contribution in [0.5, 0.6) is 5.75 Å². The molecule has 2 rings (SSSR count). The van der Waals surface area contributed by atoms with Crippen LogP contribution in [-0.2, 0) is 11.3 Å². The van der Waals surface area contributed by atoms with Crippen LogP contribution in [0, 0.1) is 12.8 Å². The lowest BCUT2D eigenvalue weighted by molar-refractivity contribution is -0.123. The largest absolute Gasteiger partial charge is 0.483 e. The summed E-state index contributed by atoms with van der Waals surface area (Å²) in [4.78, 5) is 11.8. The highest BCUT2D eigenvalue weighted by Crippen LogP contribution is 2.27. The van der Waals surface area contributed by atoms with Gasteiger partial charge in [0, 0.05) is 24.7 Å². The van der Waals surface area contributed by atoms with Crippen molar-refractivity contribution in [2.45, 2.75) is 46.2 Å². The average Bonchev–Trinajstić information content (AvgIpc) is 3.26. The Balaban J connectivity index is 1.88. The molecule has 4 nitrogen and oxygen atoms in total. The summed E-state index contributed by atoms with van der Waals surface area (Å²) in [5, 5.41) is 6.31. The molecule has 0 heterocycles. The number of hydrogen-bond donors (Lipinski definition) is 2. The van der Waals surface area contributed by atoms with Gasteiger partial charge < -0.3 is 15.4 Å². The lowest BCUT2D eigenvalue weighted by atomic mass is 10.1. The zero-order chi connectivity index (χ0) is 15.2. The molecule has 1 aromatic rings. The Labute approximate surface area is 127 Å². The maximum Gasteiger partial charge on any atom is 0.257 e. The number of carbonyl (C=O) groups excluding carboxylic acids is 1. The Kier molecular flexibility index (Phi) is 5.62. The van der Waals surface area contributed by atoms with Crippen LogP contribution in [0.1, 0.15) is 37.8 Å². The van der Waals surface area contributed by atoms with Gasteiger partial charge in [-0.3, -0.25) is 4.79 Å². The first-order valence-electron chi connectivity index (χ1n) is 7.77. The number of ether oxygens (including phenoxy) is 1. The molecule has 0 aromatic heterocycles. The van der Waals surface area contributed by atoms with E-state index in [1.807, 2.05) is 25.1 Å². The van der Waals surface area contributed by atoms with E-state index in [2.05, 4.69) is 24.5 Å². The van der Waals surface area contributed by atoms with Gasteiger partial charge in [-0.15, -0.1) is 0 Å². The van der Waals surface area contributed by atoms with Crippen LogP contribution < -0.4 is 15.4 Å². The molecule has 2 N–H and O–H groups in total. The third kappa shape index (κ3) is 5.38. The summed E-state index contributed by atoms with van der Waals surface area (Å²) in [6.07, 6.45) is 2.48. The number of benzene rings is 1. The molecule has 1 aliphatic rings. The van der Waals surface area contributed by atoms with Gasteiger partial charge in [-0.25, -0.2) is 0 Å². The number of rotatable bonds is 8. The Morgan fingerprint density at radius 1 is 1.38 bits per heavy atom. The topological polar surface area (TPSA) is 50.4 Å². The fraction of sp³-hybridized carbons (Fsp3) is 0.588. The van der Waals surface area contributed by atoms with Crippen LogP contribution in [0.4, 0.5) is 0 Å². The number of nitrogens with one attached hydrogen (secondary N) is 2. The summed E-state index contributed by atoms with van der Waals surface area (Å²) in [6.45, 7) is 7.86. The van der Waals surface area contributed by atoms with Crippen molar-refractivity contribution in [1.29, 1.82) is 0 Å². The third-order valence-corrected chi connectivity index (χ3v) is 3.63. The zero-order valence-corrected chi connectivity index (χ0v) is 13.2. The van der Waals surface area contributed by atoms with Gasteiger partial charge in [0.25, 0.3) is 5.91 Å². The molecule has 0 bridgehead atoms. The molecule has 1 aliphatic carbocycles. The van der Waals surface area contributed by atoms with Crippen molar-refractivity contribution in [3.63, 3.8) is 0 Å². The lowest BCUT2D eigenvalue weighted by Gasteiger charge is -2.15. The van der Waals surface area contributed by atoms with E-state index in [1.165, 1.54) is 12.8 Å². The van der Waals surface area contributed by atoms with E-state index in [0.29, 0.717) is 12.0 Å². The number of amides is 1. The van der Waals surface area contributed by atoms with Crippen LogP contribution in [0.2, 0.25) is 0 Å². The Morgan fingerprint density at radius 3 is 2.81 bits per heavy atom. The smallest absolute Gasteiger partial charge is 0.257 e. The SMILES string of the molecule is Cc1cccc(CNC(C)C)c1OCC(=O)NCC1CC1.